The van der Waals surface area contributed by atoms with Gasteiger partial charge in [0.05, 0.1) is 16.9 Å². The fourth-order valence-corrected chi connectivity index (χ4v) is 2.90. The van der Waals surface area contributed by atoms with E-state index >= 15 is 0 Å². The van der Waals surface area contributed by atoms with Gasteiger partial charge in [0, 0.05) is 17.3 Å². The third-order valence-corrected chi connectivity index (χ3v) is 4.34. The number of aryl methyl sites for hydroxylation is 1. The molecule has 0 spiro atoms. The van der Waals surface area contributed by atoms with Crippen molar-refractivity contribution in [2.75, 3.05) is 4.72 Å². The highest BCUT2D eigenvalue weighted by atomic mass is 32.2. The van der Waals surface area contributed by atoms with Gasteiger partial charge in [-0.3, -0.25) is 0 Å². The Morgan fingerprint density at radius 3 is 2.25 bits per heavy atom. The van der Waals surface area contributed by atoms with Crippen LogP contribution in [0.4, 0.5) is 18.9 Å². The van der Waals surface area contributed by atoms with Crippen molar-refractivity contribution >= 4 is 17.6 Å². The van der Waals surface area contributed by atoms with Crippen LogP contribution in [0.1, 0.15) is 11.1 Å². The molecule has 0 bridgehead atoms. The number of aromatic nitrogens is 1. The molecule has 2 nitrogen and oxygen atoms in total. The van der Waals surface area contributed by atoms with Gasteiger partial charge in [-0.05, 0) is 61.3 Å². The quantitative estimate of drug-likeness (QED) is 0.589. The molecule has 0 unspecified atom stereocenters. The van der Waals surface area contributed by atoms with E-state index in [1.165, 1.54) is 18.0 Å². The van der Waals surface area contributed by atoms with E-state index in [1.54, 1.807) is 17.0 Å². The average Bonchev–Trinajstić information content (AvgIpc) is 3.07. The summed E-state index contributed by atoms with van der Waals surface area (Å²) in [7, 11) is 0. The van der Waals surface area contributed by atoms with Gasteiger partial charge >= 0.3 is 6.18 Å². The Labute approximate surface area is 142 Å². The Hall–Kier alpha value is -2.34. The molecule has 1 heterocycles. The lowest BCUT2D eigenvalue weighted by Crippen LogP contribution is -2.07. The SMILES string of the molecule is Cc1ccc(SNc2cc(C(F)(F)F)ccc2-n2cccc2)cc1. The molecule has 1 N–H and O–H groups in total. The number of rotatable bonds is 4. The molecule has 3 aromatic rings. The molecule has 0 radical (unpaired) electrons. The van der Waals surface area contributed by atoms with Crippen molar-refractivity contribution < 1.29 is 13.2 Å². The van der Waals surface area contributed by atoms with Crippen molar-refractivity contribution in [3.8, 4) is 5.69 Å². The number of hydrogen-bond donors (Lipinski definition) is 1. The minimum Gasteiger partial charge on any atom is -0.324 e. The second-order valence-corrected chi connectivity index (χ2v) is 6.22. The molecular formula is C18H15F3N2S. The number of halogens is 3. The first-order valence-electron chi connectivity index (χ1n) is 7.27. The molecule has 0 atom stereocenters. The summed E-state index contributed by atoms with van der Waals surface area (Å²) in [6.07, 6.45) is -0.783. The fraction of sp³-hybridized carbons (Fsp3) is 0.111. The van der Waals surface area contributed by atoms with Crippen molar-refractivity contribution in [3.63, 3.8) is 0 Å². The maximum atomic E-state index is 13.0. The van der Waals surface area contributed by atoms with Gasteiger partial charge in [0.25, 0.3) is 0 Å². The van der Waals surface area contributed by atoms with Crippen molar-refractivity contribution in [2.45, 2.75) is 18.0 Å². The summed E-state index contributed by atoms with van der Waals surface area (Å²) in [5.74, 6) is 0. The second-order valence-electron chi connectivity index (χ2n) is 5.34. The van der Waals surface area contributed by atoms with Crippen LogP contribution in [-0.4, -0.2) is 4.57 Å². The summed E-state index contributed by atoms with van der Waals surface area (Å²) >= 11 is 1.28. The zero-order valence-corrected chi connectivity index (χ0v) is 13.7. The summed E-state index contributed by atoms with van der Waals surface area (Å²) < 4.78 is 43.8. The van der Waals surface area contributed by atoms with E-state index in [4.69, 9.17) is 0 Å². The second kappa shape index (κ2) is 6.65. The highest BCUT2D eigenvalue weighted by molar-refractivity contribution is 8.00. The van der Waals surface area contributed by atoms with Crippen LogP contribution in [0, 0.1) is 6.92 Å². The Kier molecular flexibility index (Phi) is 4.57. The number of anilines is 1. The normalized spacial score (nSPS) is 11.5. The number of nitrogens with one attached hydrogen (secondary N) is 1. The van der Waals surface area contributed by atoms with Crippen LogP contribution in [-0.2, 0) is 6.18 Å². The van der Waals surface area contributed by atoms with Crippen molar-refractivity contribution in [2.24, 2.45) is 0 Å². The topological polar surface area (TPSA) is 17.0 Å². The maximum absolute atomic E-state index is 13.0. The first-order valence-corrected chi connectivity index (χ1v) is 8.09. The summed E-state index contributed by atoms with van der Waals surface area (Å²) in [4.78, 5) is 0.927. The Balaban J connectivity index is 1.92. The lowest BCUT2D eigenvalue weighted by Gasteiger charge is -2.15. The smallest absolute Gasteiger partial charge is 0.324 e. The van der Waals surface area contributed by atoms with Crippen LogP contribution < -0.4 is 4.72 Å². The molecule has 0 amide bonds. The highest BCUT2D eigenvalue weighted by Crippen LogP contribution is 2.35. The maximum Gasteiger partial charge on any atom is 0.416 e. The van der Waals surface area contributed by atoms with E-state index < -0.39 is 11.7 Å². The zero-order chi connectivity index (χ0) is 17.2. The Morgan fingerprint density at radius 1 is 0.958 bits per heavy atom. The van der Waals surface area contributed by atoms with E-state index in [2.05, 4.69) is 4.72 Å². The molecule has 124 valence electrons. The van der Waals surface area contributed by atoms with Gasteiger partial charge in [0.2, 0.25) is 0 Å². The van der Waals surface area contributed by atoms with Gasteiger partial charge in [-0.15, -0.1) is 0 Å². The van der Waals surface area contributed by atoms with Gasteiger partial charge in [-0.25, -0.2) is 0 Å². The molecule has 0 aliphatic rings. The predicted molar refractivity (Wildman–Crippen MR) is 91.4 cm³/mol. The van der Waals surface area contributed by atoms with E-state index in [0.717, 1.165) is 22.6 Å². The van der Waals surface area contributed by atoms with Crippen LogP contribution in [0.25, 0.3) is 5.69 Å². The number of alkyl halides is 3. The predicted octanol–water partition coefficient (Wildman–Crippen LogP) is 5.92. The van der Waals surface area contributed by atoms with Crippen LogP contribution >= 0.6 is 11.9 Å². The highest BCUT2D eigenvalue weighted by Gasteiger charge is 2.31. The molecule has 3 rings (SSSR count). The minimum absolute atomic E-state index is 0.409. The fourth-order valence-electron chi connectivity index (χ4n) is 2.23. The van der Waals surface area contributed by atoms with Gasteiger partial charge < -0.3 is 9.29 Å². The molecule has 0 fully saturated rings. The van der Waals surface area contributed by atoms with Gasteiger partial charge in [0.1, 0.15) is 0 Å². The molecular weight excluding hydrogens is 333 g/mol. The average molecular weight is 348 g/mol. The lowest BCUT2D eigenvalue weighted by atomic mass is 10.1. The monoisotopic (exact) mass is 348 g/mol. The van der Waals surface area contributed by atoms with Gasteiger partial charge in [-0.2, -0.15) is 13.2 Å². The molecule has 6 heteroatoms. The van der Waals surface area contributed by atoms with E-state index in [-0.39, 0.29) is 0 Å². The molecule has 0 saturated heterocycles. The minimum atomic E-state index is -4.37. The lowest BCUT2D eigenvalue weighted by molar-refractivity contribution is -0.137. The number of benzene rings is 2. The van der Waals surface area contributed by atoms with E-state index in [0.29, 0.717) is 11.4 Å². The zero-order valence-electron chi connectivity index (χ0n) is 12.8. The van der Waals surface area contributed by atoms with Crippen LogP contribution in [0.2, 0.25) is 0 Å². The van der Waals surface area contributed by atoms with Crippen molar-refractivity contribution in [1.82, 2.24) is 4.57 Å². The van der Waals surface area contributed by atoms with Crippen LogP contribution in [0.3, 0.4) is 0 Å². The third kappa shape index (κ3) is 3.76. The standard InChI is InChI=1S/C18H15F3N2S/c1-13-4-7-15(8-5-13)24-22-16-12-14(18(19,20)21)6-9-17(16)23-10-2-3-11-23/h2-12,22H,1H3. The molecule has 1 aromatic heterocycles. The first kappa shape index (κ1) is 16.5. The summed E-state index contributed by atoms with van der Waals surface area (Å²) in [5.41, 5.74) is 1.52. The summed E-state index contributed by atoms with van der Waals surface area (Å²) in [6, 6.07) is 15.1. The van der Waals surface area contributed by atoms with Crippen molar-refractivity contribution in [1.29, 1.82) is 0 Å². The van der Waals surface area contributed by atoms with Gasteiger partial charge in [0.15, 0.2) is 0 Å². The first-order chi connectivity index (χ1) is 11.4. The number of hydrogen-bond acceptors (Lipinski definition) is 2. The Morgan fingerprint density at radius 2 is 1.62 bits per heavy atom. The molecule has 24 heavy (non-hydrogen) atoms. The molecule has 0 saturated carbocycles. The summed E-state index contributed by atoms with van der Waals surface area (Å²) in [5, 5.41) is 0. The van der Waals surface area contributed by atoms with Crippen molar-refractivity contribution in [3.05, 3.63) is 78.1 Å². The molecule has 0 aliphatic heterocycles. The number of nitrogens with zero attached hydrogens (tertiary/aromatic N) is 1. The van der Waals surface area contributed by atoms with E-state index in [1.807, 2.05) is 43.3 Å². The molecule has 2 aromatic carbocycles. The Bertz CT molecular complexity index is 809. The van der Waals surface area contributed by atoms with Gasteiger partial charge in [-0.1, -0.05) is 17.7 Å². The van der Waals surface area contributed by atoms with E-state index in [9.17, 15) is 13.2 Å². The molecule has 0 aliphatic carbocycles. The largest absolute Gasteiger partial charge is 0.416 e. The van der Waals surface area contributed by atoms with Crippen LogP contribution in [0.15, 0.2) is 71.9 Å². The van der Waals surface area contributed by atoms with Crippen LogP contribution in [0.5, 0.6) is 0 Å². The summed E-state index contributed by atoms with van der Waals surface area (Å²) in [6.45, 7) is 1.98. The third-order valence-electron chi connectivity index (χ3n) is 3.51.